The molecule has 0 radical (unpaired) electrons. The molecule has 31 heavy (non-hydrogen) atoms. The van der Waals surface area contributed by atoms with Gasteiger partial charge in [0.25, 0.3) is 6.43 Å². The molecule has 0 bridgehead atoms. The van der Waals surface area contributed by atoms with Gasteiger partial charge in [-0.05, 0) is 35.9 Å². The van der Waals surface area contributed by atoms with Crippen molar-refractivity contribution in [1.29, 1.82) is 5.26 Å². The van der Waals surface area contributed by atoms with Crippen LogP contribution in [0.2, 0.25) is 0 Å². The van der Waals surface area contributed by atoms with E-state index < -0.39 is 35.6 Å². The number of alkyl halides is 2. The number of nitrogens with zero attached hydrogens (tertiary/aromatic N) is 3. The molecule has 0 unspecified atom stereocenters. The summed E-state index contributed by atoms with van der Waals surface area (Å²) in [6.07, 6.45) is -1.77. The highest BCUT2D eigenvalue weighted by molar-refractivity contribution is 8.13. The lowest BCUT2D eigenvalue weighted by Crippen LogP contribution is -2.43. The summed E-state index contributed by atoms with van der Waals surface area (Å²) in [5.74, 6) is -1.95. The molecular formula is C21H16F4N4OS. The van der Waals surface area contributed by atoms with E-state index in [-0.39, 0.29) is 34.3 Å². The lowest BCUT2D eigenvalue weighted by Gasteiger charge is -2.35. The number of nitriles is 1. The Hall–Kier alpha value is -2.90. The molecule has 3 heterocycles. The highest BCUT2D eigenvalue weighted by atomic mass is 32.2. The van der Waals surface area contributed by atoms with Gasteiger partial charge in [-0.2, -0.15) is 5.26 Å². The van der Waals surface area contributed by atoms with Gasteiger partial charge in [0, 0.05) is 23.4 Å². The number of rotatable bonds is 4. The molecule has 1 fully saturated rings. The molecule has 1 aromatic heterocycles. The zero-order valence-electron chi connectivity index (χ0n) is 15.9. The van der Waals surface area contributed by atoms with E-state index in [0.717, 1.165) is 23.9 Å². The summed E-state index contributed by atoms with van der Waals surface area (Å²) in [7, 11) is 0. The average Bonchev–Trinajstić information content (AvgIpc) is 3.14. The molecule has 2 aliphatic heterocycles. The number of halogens is 4. The van der Waals surface area contributed by atoms with Gasteiger partial charge in [0.1, 0.15) is 29.4 Å². The lowest BCUT2D eigenvalue weighted by atomic mass is 9.78. The van der Waals surface area contributed by atoms with Crippen LogP contribution in [0.25, 0.3) is 11.9 Å². The largest absolute Gasteiger partial charge is 0.379 e. The van der Waals surface area contributed by atoms with Crippen LogP contribution >= 0.6 is 11.8 Å². The predicted octanol–water partition coefficient (Wildman–Crippen LogP) is 4.10. The van der Waals surface area contributed by atoms with Gasteiger partial charge >= 0.3 is 0 Å². The maximum Gasteiger partial charge on any atom is 0.264 e. The van der Waals surface area contributed by atoms with Gasteiger partial charge in [0.05, 0.1) is 17.9 Å². The van der Waals surface area contributed by atoms with Crippen molar-refractivity contribution in [3.8, 4) is 6.07 Å². The van der Waals surface area contributed by atoms with Crippen LogP contribution in [0.15, 0.2) is 41.5 Å². The van der Waals surface area contributed by atoms with Crippen LogP contribution in [0.5, 0.6) is 0 Å². The number of ether oxygens (including phenoxy) is 1. The number of fused-ring (bicyclic) bond motifs is 1. The SMILES string of the molecule is N#Cc1ccc(/C(F)=C/c2ccc(F)c([C@]34CO[C@H](C(F)F)[C@H]3CSC(N)=N4)c2)nc1. The summed E-state index contributed by atoms with van der Waals surface area (Å²) < 4.78 is 61.8. The molecule has 5 nitrogen and oxygen atoms in total. The first-order chi connectivity index (χ1) is 14.8. The highest BCUT2D eigenvalue weighted by Crippen LogP contribution is 2.49. The molecular weight excluding hydrogens is 432 g/mol. The molecule has 1 saturated heterocycles. The van der Waals surface area contributed by atoms with Crippen LogP contribution in [-0.2, 0) is 10.3 Å². The average molecular weight is 448 g/mol. The summed E-state index contributed by atoms with van der Waals surface area (Å²) in [5.41, 5.74) is 5.04. The Kier molecular flexibility index (Phi) is 5.73. The second-order valence-electron chi connectivity index (χ2n) is 7.18. The normalized spacial score (nSPS) is 25.8. The van der Waals surface area contributed by atoms with Gasteiger partial charge in [0.15, 0.2) is 5.17 Å². The minimum absolute atomic E-state index is 0.000731. The van der Waals surface area contributed by atoms with E-state index in [2.05, 4.69) is 9.98 Å². The van der Waals surface area contributed by atoms with Crippen LogP contribution in [0, 0.1) is 23.1 Å². The molecule has 10 heteroatoms. The number of benzene rings is 1. The molecule has 0 aliphatic carbocycles. The summed E-state index contributed by atoms with van der Waals surface area (Å²) in [5, 5.41) is 8.97. The Morgan fingerprint density at radius 1 is 1.35 bits per heavy atom. The standard InChI is InChI=1S/C21H16F4N4OS/c22-15-3-1-11(6-16(23)17-4-2-12(7-26)8-28-17)5-13(15)21-10-30-18(19(24)25)14(21)9-31-20(27)29-21/h1-6,8,14,18-19H,9-10H2,(H2,27,29)/b16-6-/t14-,18+,21-/m1/s1. The fourth-order valence-electron chi connectivity index (χ4n) is 3.84. The minimum atomic E-state index is -2.76. The Labute approximate surface area is 179 Å². The summed E-state index contributed by atoms with van der Waals surface area (Å²) in [6, 6.07) is 8.53. The van der Waals surface area contributed by atoms with Crippen LogP contribution in [0.3, 0.4) is 0 Å². The van der Waals surface area contributed by atoms with Crippen LogP contribution in [-0.4, -0.2) is 35.0 Å². The second-order valence-corrected chi connectivity index (χ2v) is 8.22. The van der Waals surface area contributed by atoms with E-state index >= 15 is 0 Å². The third-order valence-electron chi connectivity index (χ3n) is 5.36. The van der Waals surface area contributed by atoms with E-state index in [0.29, 0.717) is 5.56 Å². The number of thioether (sulfide) groups is 1. The van der Waals surface area contributed by atoms with Gasteiger partial charge in [0.2, 0.25) is 0 Å². The minimum Gasteiger partial charge on any atom is -0.379 e. The molecule has 2 aliphatic rings. The first-order valence-corrected chi connectivity index (χ1v) is 10.2. The zero-order chi connectivity index (χ0) is 22.2. The maximum atomic E-state index is 14.9. The van der Waals surface area contributed by atoms with Crippen molar-refractivity contribution in [2.45, 2.75) is 18.1 Å². The third kappa shape index (κ3) is 3.91. The quantitative estimate of drug-likeness (QED) is 0.712. The molecule has 160 valence electrons. The van der Waals surface area contributed by atoms with Crippen LogP contribution < -0.4 is 5.73 Å². The smallest absolute Gasteiger partial charge is 0.264 e. The third-order valence-corrected chi connectivity index (χ3v) is 6.27. The molecule has 2 N–H and O–H groups in total. The van der Waals surface area contributed by atoms with Crippen molar-refractivity contribution in [2.24, 2.45) is 16.6 Å². The van der Waals surface area contributed by atoms with Crippen molar-refractivity contribution >= 4 is 28.8 Å². The Bertz CT molecular complexity index is 1100. The zero-order valence-corrected chi connectivity index (χ0v) is 16.8. The Balaban J connectivity index is 1.75. The Morgan fingerprint density at radius 3 is 2.84 bits per heavy atom. The molecule has 0 spiro atoms. The summed E-state index contributed by atoms with van der Waals surface area (Å²) in [6.45, 7) is -0.252. The number of pyridine rings is 1. The van der Waals surface area contributed by atoms with E-state index in [1.165, 1.54) is 30.5 Å². The van der Waals surface area contributed by atoms with Crippen LogP contribution in [0.1, 0.15) is 22.4 Å². The van der Waals surface area contributed by atoms with Crippen molar-refractivity contribution in [2.75, 3.05) is 12.4 Å². The predicted molar refractivity (Wildman–Crippen MR) is 109 cm³/mol. The van der Waals surface area contributed by atoms with Crippen LogP contribution in [0.4, 0.5) is 17.6 Å². The number of nitrogens with two attached hydrogens (primary N) is 1. The van der Waals surface area contributed by atoms with Crippen molar-refractivity contribution in [1.82, 2.24) is 4.98 Å². The van der Waals surface area contributed by atoms with Crippen molar-refractivity contribution in [3.05, 3.63) is 64.7 Å². The van der Waals surface area contributed by atoms with Gasteiger partial charge in [-0.3, -0.25) is 4.98 Å². The fourth-order valence-corrected chi connectivity index (χ4v) is 4.89. The molecule has 3 atom stereocenters. The number of aliphatic imine (C=N–C) groups is 1. The molecule has 0 amide bonds. The molecule has 2 aromatic rings. The molecule has 4 rings (SSSR count). The van der Waals surface area contributed by atoms with Gasteiger partial charge < -0.3 is 10.5 Å². The van der Waals surface area contributed by atoms with E-state index in [4.69, 9.17) is 15.7 Å². The lowest BCUT2D eigenvalue weighted by molar-refractivity contribution is -0.0359. The van der Waals surface area contributed by atoms with Crippen molar-refractivity contribution < 1.29 is 22.3 Å². The first kappa shape index (κ1) is 21.3. The van der Waals surface area contributed by atoms with Crippen molar-refractivity contribution in [3.63, 3.8) is 0 Å². The van der Waals surface area contributed by atoms with Gasteiger partial charge in [-0.1, -0.05) is 17.8 Å². The number of hydrogen-bond donors (Lipinski definition) is 1. The highest BCUT2D eigenvalue weighted by Gasteiger charge is 2.56. The monoisotopic (exact) mass is 448 g/mol. The van der Waals surface area contributed by atoms with E-state index in [9.17, 15) is 17.6 Å². The summed E-state index contributed by atoms with van der Waals surface area (Å²) >= 11 is 1.12. The molecule has 1 aromatic carbocycles. The second kappa shape index (κ2) is 8.32. The number of hydrogen-bond acceptors (Lipinski definition) is 6. The van der Waals surface area contributed by atoms with Gasteiger partial charge in [-0.25, -0.2) is 22.6 Å². The number of aromatic nitrogens is 1. The summed E-state index contributed by atoms with van der Waals surface area (Å²) in [4.78, 5) is 8.22. The maximum absolute atomic E-state index is 14.9. The van der Waals surface area contributed by atoms with Gasteiger partial charge in [-0.15, -0.1) is 0 Å². The number of amidine groups is 1. The topological polar surface area (TPSA) is 84.3 Å². The fraction of sp³-hybridized carbons (Fsp3) is 0.286. The van der Waals surface area contributed by atoms with E-state index in [1.807, 2.05) is 6.07 Å². The Morgan fingerprint density at radius 2 is 2.16 bits per heavy atom. The van der Waals surface area contributed by atoms with E-state index in [1.54, 1.807) is 0 Å². The molecule has 0 saturated carbocycles. The first-order valence-electron chi connectivity index (χ1n) is 9.25.